The quantitative estimate of drug-likeness (QED) is 0.849. The van der Waals surface area contributed by atoms with Crippen LogP contribution in [0.25, 0.3) is 10.9 Å². The highest BCUT2D eigenvalue weighted by atomic mass is 19.4. The average Bonchev–Trinajstić information content (AvgIpc) is 3.06. The summed E-state index contributed by atoms with van der Waals surface area (Å²) in [4.78, 5) is 8.01. The zero-order chi connectivity index (χ0) is 13.0. The summed E-state index contributed by atoms with van der Waals surface area (Å²) in [5, 5.41) is 0.602. The lowest BCUT2D eigenvalue weighted by molar-refractivity contribution is -0.137. The normalized spacial score (nSPS) is 18.0. The smallest absolute Gasteiger partial charge is 0.320 e. The minimum atomic E-state index is -4.36. The molecule has 1 fully saturated rings. The first kappa shape index (κ1) is 11.4. The molecule has 1 saturated carbocycles. The maximum atomic E-state index is 12.6. The van der Waals surface area contributed by atoms with E-state index < -0.39 is 17.3 Å². The molecule has 94 valence electrons. The Hall–Kier alpha value is -1.69. The van der Waals surface area contributed by atoms with Crippen LogP contribution >= 0.6 is 0 Å². The van der Waals surface area contributed by atoms with Crippen molar-refractivity contribution in [3.05, 3.63) is 35.8 Å². The number of alkyl halides is 3. The van der Waals surface area contributed by atoms with Gasteiger partial charge in [0.05, 0.1) is 22.3 Å². The molecule has 6 heteroatoms. The first-order chi connectivity index (χ1) is 8.40. The molecule has 3 nitrogen and oxygen atoms in total. The highest BCUT2D eigenvalue weighted by molar-refractivity contribution is 5.82. The summed E-state index contributed by atoms with van der Waals surface area (Å²) in [6.07, 6.45) is -1.48. The Morgan fingerprint density at radius 2 is 1.89 bits per heavy atom. The lowest BCUT2D eigenvalue weighted by Gasteiger charge is -2.12. The van der Waals surface area contributed by atoms with Gasteiger partial charge in [0.15, 0.2) is 0 Å². The zero-order valence-corrected chi connectivity index (χ0v) is 9.33. The van der Waals surface area contributed by atoms with Gasteiger partial charge in [0, 0.05) is 5.39 Å². The van der Waals surface area contributed by atoms with Gasteiger partial charge < -0.3 is 5.73 Å². The number of hydrogen-bond donors (Lipinski definition) is 1. The number of aromatic nitrogens is 2. The Labute approximate surface area is 101 Å². The van der Waals surface area contributed by atoms with Crippen LogP contribution in [-0.2, 0) is 11.7 Å². The second-order valence-electron chi connectivity index (χ2n) is 4.61. The largest absolute Gasteiger partial charge is 0.416 e. The van der Waals surface area contributed by atoms with Gasteiger partial charge in [-0.05, 0) is 25.0 Å². The van der Waals surface area contributed by atoms with E-state index in [0.29, 0.717) is 11.1 Å². The minimum Gasteiger partial charge on any atom is -0.320 e. The second-order valence-corrected chi connectivity index (χ2v) is 4.61. The van der Waals surface area contributed by atoms with Crippen molar-refractivity contribution in [2.24, 2.45) is 5.73 Å². The van der Waals surface area contributed by atoms with E-state index in [-0.39, 0.29) is 5.52 Å². The number of nitrogens with zero attached hydrogens (tertiary/aromatic N) is 2. The Morgan fingerprint density at radius 1 is 1.17 bits per heavy atom. The second kappa shape index (κ2) is 3.41. The fourth-order valence-electron chi connectivity index (χ4n) is 2.00. The molecule has 0 spiro atoms. The third-order valence-corrected chi connectivity index (χ3v) is 3.22. The Kier molecular flexibility index (Phi) is 2.16. The van der Waals surface area contributed by atoms with Crippen LogP contribution in [0.1, 0.15) is 24.1 Å². The van der Waals surface area contributed by atoms with E-state index >= 15 is 0 Å². The standard InChI is InChI=1S/C12H10F3N3/c13-12(14,15)7-1-2-8-9(5-7)17-6-18-10(8)11(16)3-4-11/h1-2,5-6H,3-4,16H2. The molecule has 0 aliphatic heterocycles. The lowest BCUT2D eigenvalue weighted by atomic mass is 10.0. The monoisotopic (exact) mass is 253 g/mol. The zero-order valence-electron chi connectivity index (χ0n) is 9.33. The van der Waals surface area contributed by atoms with Crippen LogP contribution < -0.4 is 5.73 Å². The third kappa shape index (κ3) is 1.73. The molecule has 18 heavy (non-hydrogen) atoms. The van der Waals surface area contributed by atoms with Gasteiger partial charge in [-0.15, -0.1) is 0 Å². The van der Waals surface area contributed by atoms with Crippen molar-refractivity contribution in [1.82, 2.24) is 9.97 Å². The summed E-state index contributed by atoms with van der Waals surface area (Å²) in [5.74, 6) is 0. The van der Waals surface area contributed by atoms with Crippen molar-refractivity contribution in [2.45, 2.75) is 24.6 Å². The molecule has 0 saturated heterocycles. The van der Waals surface area contributed by atoms with Gasteiger partial charge in [-0.1, -0.05) is 6.07 Å². The number of fused-ring (bicyclic) bond motifs is 1. The number of hydrogen-bond acceptors (Lipinski definition) is 3. The van der Waals surface area contributed by atoms with Gasteiger partial charge in [0.1, 0.15) is 6.33 Å². The third-order valence-electron chi connectivity index (χ3n) is 3.22. The maximum absolute atomic E-state index is 12.6. The summed E-state index contributed by atoms with van der Waals surface area (Å²) in [6, 6.07) is 3.48. The van der Waals surface area contributed by atoms with Crippen LogP contribution in [0.5, 0.6) is 0 Å². The first-order valence-electron chi connectivity index (χ1n) is 5.51. The average molecular weight is 253 g/mol. The molecule has 1 heterocycles. The van der Waals surface area contributed by atoms with E-state index in [9.17, 15) is 13.2 Å². The Balaban J connectivity index is 2.20. The van der Waals surface area contributed by atoms with Crippen LogP contribution in [0, 0.1) is 0 Å². The van der Waals surface area contributed by atoms with Gasteiger partial charge in [0.25, 0.3) is 0 Å². The highest BCUT2D eigenvalue weighted by Gasteiger charge is 2.43. The molecular weight excluding hydrogens is 243 g/mol. The molecule has 0 amide bonds. The van der Waals surface area contributed by atoms with E-state index in [1.807, 2.05) is 0 Å². The van der Waals surface area contributed by atoms with E-state index in [4.69, 9.17) is 5.73 Å². The molecule has 3 rings (SSSR count). The number of benzene rings is 1. The van der Waals surface area contributed by atoms with Crippen molar-refractivity contribution in [1.29, 1.82) is 0 Å². The predicted octanol–water partition coefficient (Wildman–Crippen LogP) is 2.60. The first-order valence-corrected chi connectivity index (χ1v) is 5.51. The number of halogens is 3. The van der Waals surface area contributed by atoms with Crippen LogP contribution in [0.3, 0.4) is 0 Å². The summed E-state index contributed by atoms with van der Waals surface area (Å²) in [6.45, 7) is 0. The summed E-state index contributed by atoms with van der Waals surface area (Å²) in [5.41, 5.74) is 5.78. The molecule has 0 unspecified atom stereocenters. The fourth-order valence-corrected chi connectivity index (χ4v) is 2.00. The molecule has 2 N–H and O–H groups in total. The molecule has 0 bridgehead atoms. The summed E-state index contributed by atoms with van der Waals surface area (Å²) >= 11 is 0. The van der Waals surface area contributed by atoms with Gasteiger partial charge in [-0.3, -0.25) is 0 Å². The van der Waals surface area contributed by atoms with Crippen LogP contribution in [0.15, 0.2) is 24.5 Å². The SMILES string of the molecule is NC1(c2ncnc3cc(C(F)(F)F)ccc23)CC1. The topological polar surface area (TPSA) is 51.8 Å². The van der Waals surface area contributed by atoms with E-state index in [1.54, 1.807) is 0 Å². The van der Waals surface area contributed by atoms with Gasteiger partial charge in [-0.25, -0.2) is 9.97 Å². The maximum Gasteiger partial charge on any atom is 0.416 e. The molecule has 0 radical (unpaired) electrons. The van der Waals surface area contributed by atoms with Crippen LogP contribution in [0.4, 0.5) is 13.2 Å². The minimum absolute atomic E-state index is 0.284. The van der Waals surface area contributed by atoms with Crippen LogP contribution in [-0.4, -0.2) is 9.97 Å². The summed E-state index contributed by atoms with van der Waals surface area (Å²) in [7, 11) is 0. The van der Waals surface area contributed by atoms with Gasteiger partial charge in [-0.2, -0.15) is 13.2 Å². The Bertz CT molecular complexity index is 617. The molecular formula is C12H10F3N3. The predicted molar refractivity (Wildman–Crippen MR) is 59.6 cm³/mol. The molecule has 0 atom stereocenters. The highest BCUT2D eigenvalue weighted by Crippen LogP contribution is 2.44. The van der Waals surface area contributed by atoms with Crippen molar-refractivity contribution < 1.29 is 13.2 Å². The Morgan fingerprint density at radius 3 is 2.50 bits per heavy atom. The molecule has 2 aromatic rings. The van der Waals surface area contributed by atoms with Crippen molar-refractivity contribution in [2.75, 3.05) is 0 Å². The molecule has 1 aromatic heterocycles. The summed E-state index contributed by atoms with van der Waals surface area (Å²) < 4.78 is 37.8. The lowest BCUT2D eigenvalue weighted by Crippen LogP contribution is -2.21. The van der Waals surface area contributed by atoms with E-state index in [1.165, 1.54) is 12.4 Å². The number of rotatable bonds is 1. The molecule has 1 aliphatic rings. The van der Waals surface area contributed by atoms with Crippen molar-refractivity contribution >= 4 is 10.9 Å². The molecule has 1 aliphatic carbocycles. The van der Waals surface area contributed by atoms with Crippen molar-refractivity contribution in [3.8, 4) is 0 Å². The van der Waals surface area contributed by atoms with Crippen LogP contribution in [0.2, 0.25) is 0 Å². The molecule has 1 aromatic carbocycles. The fraction of sp³-hybridized carbons (Fsp3) is 0.333. The van der Waals surface area contributed by atoms with Gasteiger partial charge in [0.2, 0.25) is 0 Å². The van der Waals surface area contributed by atoms with E-state index in [0.717, 1.165) is 25.0 Å². The van der Waals surface area contributed by atoms with Gasteiger partial charge >= 0.3 is 6.18 Å². The van der Waals surface area contributed by atoms with E-state index in [2.05, 4.69) is 9.97 Å². The van der Waals surface area contributed by atoms with Crippen molar-refractivity contribution in [3.63, 3.8) is 0 Å². The number of nitrogens with two attached hydrogens (primary N) is 1.